The van der Waals surface area contributed by atoms with Crippen molar-refractivity contribution in [2.75, 3.05) is 13.2 Å². The minimum Gasteiger partial charge on any atom is -0.493 e. The molecule has 19 heavy (non-hydrogen) atoms. The third kappa shape index (κ3) is 6.68. The van der Waals surface area contributed by atoms with Crippen molar-refractivity contribution in [2.45, 2.75) is 32.5 Å². The molecule has 2 nitrogen and oxygen atoms in total. The molecule has 0 unspecified atom stereocenters. The molecular formula is C13H17ClF3NO. The summed E-state index contributed by atoms with van der Waals surface area (Å²) in [5.41, 5.74) is 0.848. The van der Waals surface area contributed by atoms with E-state index >= 15 is 0 Å². The van der Waals surface area contributed by atoms with Crippen LogP contribution in [0.2, 0.25) is 5.02 Å². The van der Waals surface area contributed by atoms with Crippen LogP contribution in [0.3, 0.4) is 0 Å². The largest absolute Gasteiger partial charge is 0.493 e. The molecule has 1 aromatic carbocycles. The van der Waals surface area contributed by atoms with Crippen molar-refractivity contribution in [3.63, 3.8) is 0 Å². The SMILES string of the molecule is CCNCc1cc(Cl)ccc1OCCCC(F)(F)F. The van der Waals surface area contributed by atoms with E-state index in [0.29, 0.717) is 17.3 Å². The number of hydrogen-bond acceptors (Lipinski definition) is 2. The smallest absolute Gasteiger partial charge is 0.389 e. The van der Waals surface area contributed by atoms with E-state index in [1.807, 2.05) is 6.92 Å². The molecule has 0 saturated heterocycles. The fourth-order valence-electron chi connectivity index (χ4n) is 1.54. The molecule has 0 spiro atoms. The molecule has 0 fully saturated rings. The van der Waals surface area contributed by atoms with Crippen molar-refractivity contribution in [3.05, 3.63) is 28.8 Å². The van der Waals surface area contributed by atoms with Crippen LogP contribution >= 0.6 is 11.6 Å². The molecule has 0 atom stereocenters. The molecule has 0 radical (unpaired) electrons. The lowest BCUT2D eigenvalue weighted by molar-refractivity contribution is -0.136. The summed E-state index contributed by atoms with van der Waals surface area (Å²) in [6.45, 7) is 3.38. The highest BCUT2D eigenvalue weighted by molar-refractivity contribution is 6.30. The highest BCUT2D eigenvalue weighted by atomic mass is 35.5. The first-order chi connectivity index (χ1) is 8.92. The maximum Gasteiger partial charge on any atom is 0.389 e. The van der Waals surface area contributed by atoms with Crippen LogP contribution in [0.5, 0.6) is 5.75 Å². The highest BCUT2D eigenvalue weighted by Crippen LogP contribution is 2.25. The Labute approximate surface area is 115 Å². The van der Waals surface area contributed by atoms with Crippen LogP contribution in [0.1, 0.15) is 25.3 Å². The van der Waals surface area contributed by atoms with Crippen LogP contribution in [0.25, 0.3) is 0 Å². The predicted octanol–water partition coefficient (Wildman–Crippen LogP) is 4.17. The van der Waals surface area contributed by atoms with Crippen LogP contribution in [-0.2, 0) is 6.54 Å². The third-order valence-corrected chi connectivity index (χ3v) is 2.69. The standard InChI is InChI=1S/C13H17ClF3NO/c1-2-18-9-10-8-11(14)4-5-12(10)19-7-3-6-13(15,16)17/h4-5,8,18H,2-3,6-7,9H2,1H3. The molecule has 108 valence electrons. The Balaban J connectivity index is 2.52. The zero-order valence-electron chi connectivity index (χ0n) is 10.7. The maximum absolute atomic E-state index is 12.0. The van der Waals surface area contributed by atoms with Gasteiger partial charge in [0.25, 0.3) is 0 Å². The second-order valence-electron chi connectivity index (χ2n) is 4.10. The van der Waals surface area contributed by atoms with Crippen LogP contribution in [-0.4, -0.2) is 19.3 Å². The van der Waals surface area contributed by atoms with Crippen LogP contribution in [0.15, 0.2) is 18.2 Å². The van der Waals surface area contributed by atoms with Gasteiger partial charge in [0.15, 0.2) is 0 Å². The third-order valence-electron chi connectivity index (χ3n) is 2.45. The molecular weight excluding hydrogens is 279 g/mol. The van der Waals surface area contributed by atoms with Crippen molar-refractivity contribution in [2.24, 2.45) is 0 Å². The Morgan fingerprint density at radius 3 is 2.68 bits per heavy atom. The minimum absolute atomic E-state index is 0.0419. The molecule has 0 aliphatic heterocycles. The Morgan fingerprint density at radius 1 is 1.32 bits per heavy atom. The second kappa shape index (κ2) is 7.60. The zero-order chi connectivity index (χ0) is 14.3. The van der Waals surface area contributed by atoms with Gasteiger partial charge in [-0.1, -0.05) is 18.5 Å². The van der Waals surface area contributed by atoms with Crippen molar-refractivity contribution in [1.82, 2.24) is 5.32 Å². The van der Waals surface area contributed by atoms with Gasteiger partial charge in [-0.25, -0.2) is 0 Å². The number of benzene rings is 1. The molecule has 0 amide bonds. The summed E-state index contributed by atoms with van der Waals surface area (Å²) in [4.78, 5) is 0. The van der Waals surface area contributed by atoms with Crippen molar-refractivity contribution in [1.29, 1.82) is 0 Å². The monoisotopic (exact) mass is 295 g/mol. The van der Waals surface area contributed by atoms with Gasteiger partial charge in [-0.2, -0.15) is 13.2 Å². The Morgan fingerprint density at radius 2 is 2.05 bits per heavy atom. The summed E-state index contributed by atoms with van der Waals surface area (Å²) in [7, 11) is 0. The van der Waals surface area contributed by atoms with E-state index in [9.17, 15) is 13.2 Å². The quantitative estimate of drug-likeness (QED) is 0.762. The molecule has 0 aromatic heterocycles. The number of halogens is 4. The number of nitrogens with one attached hydrogen (secondary N) is 1. The van der Waals surface area contributed by atoms with Gasteiger partial charge >= 0.3 is 6.18 Å². The summed E-state index contributed by atoms with van der Waals surface area (Å²) in [5, 5.41) is 3.71. The van der Waals surface area contributed by atoms with E-state index in [-0.39, 0.29) is 13.0 Å². The van der Waals surface area contributed by atoms with E-state index in [0.717, 1.165) is 12.1 Å². The van der Waals surface area contributed by atoms with Crippen molar-refractivity contribution >= 4 is 11.6 Å². The van der Waals surface area contributed by atoms with Crippen molar-refractivity contribution in [3.8, 4) is 5.75 Å². The number of hydrogen-bond donors (Lipinski definition) is 1. The Hall–Kier alpha value is -0.940. The van der Waals surface area contributed by atoms with Gasteiger partial charge in [-0.05, 0) is 31.2 Å². The Bertz CT molecular complexity index is 396. The van der Waals surface area contributed by atoms with Gasteiger partial charge in [0.1, 0.15) is 5.75 Å². The summed E-state index contributed by atoms with van der Waals surface area (Å²) >= 11 is 5.88. The lowest BCUT2D eigenvalue weighted by atomic mass is 10.2. The average Bonchev–Trinajstić information content (AvgIpc) is 2.32. The van der Waals surface area contributed by atoms with E-state index in [1.165, 1.54) is 0 Å². The summed E-state index contributed by atoms with van der Waals surface area (Å²) in [6.07, 6.45) is -5.01. The van der Waals surface area contributed by atoms with E-state index in [1.54, 1.807) is 18.2 Å². The van der Waals surface area contributed by atoms with Gasteiger partial charge in [0, 0.05) is 23.6 Å². The lowest BCUT2D eigenvalue weighted by Gasteiger charge is -2.13. The van der Waals surface area contributed by atoms with Gasteiger partial charge in [-0.3, -0.25) is 0 Å². The molecule has 6 heteroatoms. The topological polar surface area (TPSA) is 21.3 Å². The summed E-state index contributed by atoms with van der Waals surface area (Å²) in [5.74, 6) is 0.576. The number of ether oxygens (including phenoxy) is 1. The van der Waals surface area contributed by atoms with Crippen LogP contribution < -0.4 is 10.1 Å². The molecule has 0 aliphatic rings. The second-order valence-corrected chi connectivity index (χ2v) is 4.54. The molecule has 1 rings (SSSR count). The zero-order valence-corrected chi connectivity index (χ0v) is 11.4. The summed E-state index contributed by atoms with van der Waals surface area (Å²) < 4.78 is 41.4. The fourth-order valence-corrected chi connectivity index (χ4v) is 1.74. The first-order valence-corrected chi connectivity index (χ1v) is 6.49. The van der Waals surface area contributed by atoms with Crippen LogP contribution in [0, 0.1) is 0 Å². The molecule has 0 saturated carbocycles. The summed E-state index contributed by atoms with van der Waals surface area (Å²) in [6, 6.07) is 5.10. The van der Waals surface area contributed by atoms with Crippen molar-refractivity contribution < 1.29 is 17.9 Å². The maximum atomic E-state index is 12.0. The fraction of sp³-hybridized carbons (Fsp3) is 0.538. The van der Waals surface area contributed by atoms with E-state index < -0.39 is 12.6 Å². The van der Waals surface area contributed by atoms with Gasteiger partial charge in [0.2, 0.25) is 0 Å². The van der Waals surface area contributed by atoms with E-state index in [4.69, 9.17) is 16.3 Å². The normalized spacial score (nSPS) is 11.6. The number of rotatable bonds is 7. The minimum atomic E-state index is -4.13. The highest BCUT2D eigenvalue weighted by Gasteiger charge is 2.26. The van der Waals surface area contributed by atoms with Gasteiger partial charge in [0.05, 0.1) is 6.61 Å². The Kier molecular flexibility index (Phi) is 6.45. The number of alkyl halides is 3. The molecule has 0 bridgehead atoms. The molecule has 1 aromatic rings. The van der Waals surface area contributed by atoms with E-state index in [2.05, 4.69) is 5.32 Å². The van der Waals surface area contributed by atoms with Crippen LogP contribution in [0.4, 0.5) is 13.2 Å². The first kappa shape index (κ1) is 16.1. The van der Waals surface area contributed by atoms with Gasteiger partial charge in [-0.15, -0.1) is 0 Å². The molecule has 1 N–H and O–H groups in total. The lowest BCUT2D eigenvalue weighted by Crippen LogP contribution is -2.14. The predicted molar refractivity (Wildman–Crippen MR) is 69.6 cm³/mol. The average molecular weight is 296 g/mol. The van der Waals surface area contributed by atoms with Gasteiger partial charge < -0.3 is 10.1 Å². The molecule has 0 heterocycles. The molecule has 0 aliphatic carbocycles. The first-order valence-electron chi connectivity index (χ1n) is 6.11.